The summed E-state index contributed by atoms with van der Waals surface area (Å²) in [6.07, 6.45) is 2.15. The highest BCUT2D eigenvalue weighted by molar-refractivity contribution is 7.99. The van der Waals surface area contributed by atoms with E-state index in [1.165, 1.54) is 12.1 Å². The van der Waals surface area contributed by atoms with E-state index in [-0.39, 0.29) is 5.54 Å². The quantitative estimate of drug-likeness (QED) is 0.615. The lowest BCUT2D eigenvalue weighted by Gasteiger charge is -2.20. The molecule has 0 saturated heterocycles. The van der Waals surface area contributed by atoms with Crippen molar-refractivity contribution in [2.45, 2.75) is 44.0 Å². The number of nitrogens with one attached hydrogen (secondary N) is 1. The summed E-state index contributed by atoms with van der Waals surface area (Å²) in [7, 11) is 0. The van der Waals surface area contributed by atoms with Gasteiger partial charge in [-0.05, 0) is 64.1 Å². The van der Waals surface area contributed by atoms with E-state index >= 15 is 0 Å². The van der Waals surface area contributed by atoms with Crippen LogP contribution in [0.3, 0.4) is 0 Å². The number of unbranched alkanes of at least 4 members (excludes halogenated alkanes) is 1. The number of hydrogen-bond donors (Lipinski definition) is 1. The molecule has 0 bridgehead atoms. The van der Waals surface area contributed by atoms with Crippen LogP contribution in [-0.2, 0) is 0 Å². The lowest BCUT2D eigenvalue weighted by Crippen LogP contribution is -2.36. The molecule has 0 spiro atoms. The second-order valence-corrected chi connectivity index (χ2v) is 6.48. The van der Waals surface area contributed by atoms with Crippen LogP contribution in [0.25, 0.3) is 0 Å². The molecule has 1 aromatic carbocycles. The average Bonchev–Trinajstić information content (AvgIpc) is 2.26. The molecule has 0 radical (unpaired) electrons. The zero-order valence-corrected chi connectivity index (χ0v) is 12.0. The summed E-state index contributed by atoms with van der Waals surface area (Å²) in [5.74, 6) is -0.625. The van der Waals surface area contributed by atoms with Gasteiger partial charge in [-0.1, -0.05) is 0 Å². The van der Waals surface area contributed by atoms with Crippen LogP contribution in [0, 0.1) is 11.6 Å². The Bertz CT molecular complexity index is 375. The third kappa shape index (κ3) is 6.36. The monoisotopic (exact) mass is 273 g/mol. The lowest BCUT2D eigenvalue weighted by molar-refractivity contribution is 0.421. The summed E-state index contributed by atoms with van der Waals surface area (Å²) < 4.78 is 25.6. The van der Waals surface area contributed by atoms with Gasteiger partial charge in [-0.2, -0.15) is 0 Å². The Morgan fingerprint density at radius 1 is 1.11 bits per heavy atom. The maximum Gasteiger partial charge on any atom is 0.159 e. The van der Waals surface area contributed by atoms with E-state index in [1.807, 2.05) is 0 Å². The van der Waals surface area contributed by atoms with Gasteiger partial charge in [-0.3, -0.25) is 0 Å². The number of halogens is 2. The fourth-order valence-corrected chi connectivity index (χ4v) is 2.38. The van der Waals surface area contributed by atoms with Crippen LogP contribution in [0.5, 0.6) is 0 Å². The fraction of sp³-hybridized carbons (Fsp3) is 0.571. The van der Waals surface area contributed by atoms with Gasteiger partial charge in [-0.15, -0.1) is 11.8 Å². The van der Waals surface area contributed by atoms with E-state index in [1.54, 1.807) is 17.8 Å². The van der Waals surface area contributed by atoms with Gasteiger partial charge in [0.05, 0.1) is 0 Å². The normalized spacial score (nSPS) is 11.8. The molecule has 0 saturated carbocycles. The van der Waals surface area contributed by atoms with E-state index in [0.29, 0.717) is 0 Å². The van der Waals surface area contributed by atoms with Crippen molar-refractivity contribution in [1.29, 1.82) is 0 Å². The fourth-order valence-electron chi connectivity index (χ4n) is 1.45. The average molecular weight is 273 g/mol. The first-order valence-electron chi connectivity index (χ1n) is 6.21. The Labute approximate surface area is 112 Å². The minimum absolute atomic E-state index is 0.160. The first kappa shape index (κ1) is 15.4. The SMILES string of the molecule is CC(C)(C)NCCCCSc1ccc(F)c(F)c1. The molecule has 1 nitrogen and oxygen atoms in total. The molecule has 4 heteroatoms. The van der Waals surface area contributed by atoms with Gasteiger partial charge in [0.25, 0.3) is 0 Å². The molecule has 0 amide bonds. The van der Waals surface area contributed by atoms with Crippen LogP contribution in [0.2, 0.25) is 0 Å². The predicted molar refractivity (Wildman–Crippen MR) is 74.1 cm³/mol. The van der Waals surface area contributed by atoms with Crippen molar-refractivity contribution in [3.63, 3.8) is 0 Å². The van der Waals surface area contributed by atoms with Crippen LogP contribution in [-0.4, -0.2) is 17.8 Å². The maximum atomic E-state index is 12.9. The standard InChI is InChI=1S/C14H21F2NS/c1-14(2,3)17-8-4-5-9-18-11-6-7-12(15)13(16)10-11/h6-7,10,17H,4-5,8-9H2,1-3H3. The van der Waals surface area contributed by atoms with Gasteiger partial charge in [-0.25, -0.2) is 8.78 Å². The predicted octanol–water partition coefficient (Wildman–Crippen LogP) is 4.23. The number of thioether (sulfide) groups is 1. The van der Waals surface area contributed by atoms with Crippen molar-refractivity contribution in [1.82, 2.24) is 5.32 Å². The van der Waals surface area contributed by atoms with Gasteiger partial charge < -0.3 is 5.32 Å². The molecule has 1 rings (SSSR count). The van der Waals surface area contributed by atoms with Gasteiger partial charge in [0, 0.05) is 10.4 Å². The molecule has 0 aliphatic carbocycles. The Hall–Kier alpha value is -0.610. The summed E-state index contributed by atoms with van der Waals surface area (Å²) in [5.41, 5.74) is 0.160. The van der Waals surface area contributed by atoms with Crippen molar-refractivity contribution in [3.8, 4) is 0 Å². The highest BCUT2D eigenvalue weighted by Gasteiger charge is 2.07. The number of hydrogen-bond acceptors (Lipinski definition) is 2. The van der Waals surface area contributed by atoms with Gasteiger partial charge >= 0.3 is 0 Å². The van der Waals surface area contributed by atoms with E-state index < -0.39 is 11.6 Å². The summed E-state index contributed by atoms with van der Waals surface area (Å²) in [6.45, 7) is 7.41. The van der Waals surface area contributed by atoms with Crippen molar-refractivity contribution in [3.05, 3.63) is 29.8 Å². The molecule has 0 aromatic heterocycles. The van der Waals surface area contributed by atoms with Crippen molar-refractivity contribution in [2.24, 2.45) is 0 Å². The molecule has 0 atom stereocenters. The molecule has 18 heavy (non-hydrogen) atoms. The van der Waals surface area contributed by atoms with Crippen molar-refractivity contribution < 1.29 is 8.78 Å². The van der Waals surface area contributed by atoms with Crippen LogP contribution >= 0.6 is 11.8 Å². The molecule has 0 aliphatic heterocycles. The Morgan fingerprint density at radius 2 is 1.83 bits per heavy atom. The van der Waals surface area contributed by atoms with Crippen molar-refractivity contribution in [2.75, 3.05) is 12.3 Å². The largest absolute Gasteiger partial charge is 0.312 e. The molecule has 0 heterocycles. The first-order valence-corrected chi connectivity index (χ1v) is 7.20. The lowest BCUT2D eigenvalue weighted by atomic mass is 10.1. The molecule has 1 N–H and O–H groups in total. The van der Waals surface area contributed by atoms with Gasteiger partial charge in [0.1, 0.15) is 0 Å². The molecule has 0 aliphatic rings. The zero-order chi connectivity index (χ0) is 13.6. The third-order valence-corrected chi connectivity index (χ3v) is 3.47. The smallest absolute Gasteiger partial charge is 0.159 e. The second-order valence-electron chi connectivity index (χ2n) is 5.31. The second kappa shape index (κ2) is 7.10. The number of benzene rings is 1. The minimum atomic E-state index is -0.784. The summed E-state index contributed by atoms with van der Waals surface area (Å²) >= 11 is 1.57. The van der Waals surface area contributed by atoms with Crippen LogP contribution in [0.1, 0.15) is 33.6 Å². The highest BCUT2D eigenvalue weighted by atomic mass is 32.2. The first-order chi connectivity index (χ1) is 8.38. The molecule has 1 aromatic rings. The molecular weight excluding hydrogens is 252 g/mol. The maximum absolute atomic E-state index is 12.9. The van der Waals surface area contributed by atoms with Crippen LogP contribution in [0.15, 0.2) is 23.1 Å². The van der Waals surface area contributed by atoms with Gasteiger partial charge in [0.15, 0.2) is 11.6 Å². The van der Waals surface area contributed by atoms with Crippen LogP contribution in [0.4, 0.5) is 8.78 Å². The summed E-state index contributed by atoms with van der Waals surface area (Å²) in [6, 6.07) is 4.06. The Morgan fingerprint density at radius 3 is 2.44 bits per heavy atom. The summed E-state index contributed by atoms with van der Waals surface area (Å²) in [5, 5.41) is 3.42. The van der Waals surface area contributed by atoms with E-state index in [9.17, 15) is 8.78 Å². The topological polar surface area (TPSA) is 12.0 Å². The van der Waals surface area contributed by atoms with E-state index in [2.05, 4.69) is 26.1 Å². The third-order valence-electron chi connectivity index (χ3n) is 2.39. The van der Waals surface area contributed by atoms with E-state index in [4.69, 9.17) is 0 Å². The molecular formula is C14H21F2NS. The zero-order valence-electron chi connectivity index (χ0n) is 11.2. The Kier molecular flexibility index (Phi) is 6.09. The van der Waals surface area contributed by atoms with Gasteiger partial charge in [0.2, 0.25) is 0 Å². The molecule has 0 unspecified atom stereocenters. The number of rotatable bonds is 6. The Balaban J connectivity index is 2.16. The molecule has 0 fully saturated rings. The highest BCUT2D eigenvalue weighted by Crippen LogP contribution is 2.21. The molecule has 102 valence electrons. The van der Waals surface area contributed by atoms with Crippen LogP contribution < -0.4 is 5.32 Å². The van der Waals surface area contributed by atoms with Crippen molar-refractivity contribution >= 4 is 11.8 Å². The van der Waals surface area contributed by atoms with E-state index in [0.717, 1.165) is 30.0 Å². The minimum Gasteiger partial charge on any atom is -0.312 e. The summed E-state index contributed by atoms with van der Waals surface area (Å²) in [4.78, 5) is 0.790.